The van der Waals surface area contributed by atoms with Gasteiger partial charge >= 0.3 is 18.1 Å². The van der Waals surface area contributed by atoms with Crippen LogP contribution >= 0.6 is 78.3 Å². The minimum absolute atomic E-state index is 0.00461. The van der Waals surface area contributed by atoms with E-state index >= 15 is 0 Å². The fourth-order valence-corrected chi connectivity index (χ4v) is 6.87. The zero-order valence-corrected chi connectivity index (χ0v) is 44.5. The molecular weight excluding hydrogens is 1200 g/mol. The van der Waals surface area contributed by atoms with Gasteiger partial charge in [0.25, 0.3) is 22.6 Å². The molecular formula is C46H41Br2Cl4F3N8O11. The number of hydrogen-bond donors (Lipinski definition) is 4. The molecule has 0 bridgehead atoms. The molecule has 0 fully saturated rings. The molecule has 6 aromatic rings. The largest absolute Gasteiger partial charge is 0.493 e. The standard InChI is InChI=1S/C18H19Cl2N3O5.C17H17Br2N3O5.C11H5Cl2F3N2O/c1-11-4-2-5-12(10-11)23-18(27)16(20)15(19)17(22-23)28-9-3-8-21-13(24)6-7-14(25)26;18-13-10-21-22(17(26)16(13)19)11-3-1-4-12(9-11)27-8-2-7-20-14(23)5-6-15(24)25;12-8-5-17-18(10(19)9(8)13)7-3-1-6(2-4-7)11(14,15)16/h2,4-5,10H,3,6-9H2,1H3,(H,21,24)(H,25,26);1,3-4,9-10H,2,5-8H2,(H,20,23)(H,24,25);1-5H. The summed E-state index contributed by atoms with van der Waals surface area (Å²) in [7, 11) is 0. The summed E-state index contributed by atoms with van der Waals surface area (Å²) in [5.74, 6) is -2.11. The predicted octanol–water partition coefficient (Wildman–Crippen LogP) is 8.66. The Morgan fingerprint density at radius 2 is 1.18 bits per heavy atom. The Balaban J connectivity index is 0.000000245. The molecule has 3 aromatic carbocycles. The van der Waals surface area contributed by atoms with E-state index in [1.54, 1.807) is 42.5 Å². The van der Waals surface area contributed by atoms with Gasteiger partial charge in [-0.05, 0) is 106 Å². The molecule has 2 amide bonds. The van der Waals surface area contributed by atoms with Gasteiger partial charge in [-0.2, -0.15) is 37.4 Å². The number of alkyl halides is 3. The molecule has 0 saturated carbocycles. The molecule has 3 heterocycles. The van der Waals surface area contributed by atoms with Gasteiger partial charge in [0, 0.05) is 32.0 Å². The summed E-state index contributed by atoms with van der Waals surface area (Å²) in [6, 6.07) is 18.1. The van der Waals surface area contributed by atoms with Crippen LogP contribution in [-0.2, 0) is 25.4 Å². The number of carbonyl (C=O) groups is 4. The highest BCUT2D eigenvalue weighted by molar-refractivity contribution is 9.13. The monoisotopic (exact) mass is 1240 g/mol. The van der Waals surface area contributed by atoms with Gasteiger partial charge in [0.15, 0.2) is 0 Å². The molecule has 0 saturated heterocycles. The Bertz CT molecular complexity index is 3150. The highest BCUT2D eigenvalue weighted by atomic mass is 79.9. The van der Waals surface area contributed by atoms with Gasteiger partial charge in [-0.25, -0.2) is 0 Å². The fourth-order valence-electron chi connectivity index (χ4n) is 5.75. The zero-order chi connectivity index (χ0) is 54.7. The first kappa shape index (κ1) is 60.2. The fraction of sp³-hybridized carbons (Fsp3) is 0.261. The minimum atomic E-state index is -4.44. The molecule has 19 nitrogen and oxygen atoms in total. The van der Waals surface area contributed by atoms with Crippen LogP contribution in [0.5, 0.6) is 11.6 Å². The first-order valence-electron chi connectivity index (χ1n) is 21.4. The van der Waals surface area contributed by atoms with Gasteiger partial charge in [-0.15, -0.1) is 5.10 Å². The number of carboxylic acids is 2. The molecule has 28 heteroatoms. The molecule has 3 aromatic heterocycles. The Kier molecular flexibility index (Phi) is 23.6. The maximum atomic E-state index is 12.4. The van der Waals surface area contributed by atoms with E-state index in [0.29, 0.717) is 58.6 Å². The van der Waals surface area contributed by atoms with E-state index in [0.717, 1.165) is 45.4 Å². The molecule has 0 aliphatic rings. The normalized spacial score (nSPS) is 10.8. The summed E-state index contributed by atoms with van der Waals surface area (Å²) in [5, 5.41) is 33.7. The number of hydrogen-bond acceptors (Lipinski definition) is 12. The van der Waals surface area contributed by atoms with Crippen LogP contribution in [-0.4, -0.2) is 89.6 Å². The van der Waals surface area contributed by atoms with Gasteiger partial charge in [0.2, 0.25) is 11.8 Å². The van der Waals surface area contributed by atoms with Crippen molar-refractivity contribution in [2.45, 2.75) is 51.6 Å². The number of halogens is 9. The predicted molar refractivity (Wildman–Crippen MR) is 275 cm³/mol. The second-order valence-corrected chi connectivity index (χ2v) is 18.2. The van der Waals surface area contributed by atoms with Gasteiger partial charge in [0.05, 0.1) is 70.6 Å². The molecule has 0 spiro atoms. The number of benzene rings is 3. The van der Waals surface area contributed by atoms with Crippen molar-refractivity contribution in [2.75, 3.05) is 26.3 Å². The average molecular weight is 1240 g/mol. The SMILES string of the molecule is Cc1cccc(-n2nc(OCCCNC(=O)CCC(=O)O)c(Cl)c(Cl)c2=O)c1.O=C(O)CCC(=O)NCCCOc1cccc(-n2ncc(Br)c(Br)c2=O)c1.O=c1c(Cl)c(Cl)cnn1-c1ccc(C(F)(F)F)cc1. The quantitative estimate of drug-likeness (QED) is 0.0554. The smallest absolute Gasteiger partial charge is 0.416 e. The third-order valence-corrected chi connectivity index (χ3v) is 12.8. The molecule has 0 unspecified atom stereocenters. The van der Waals surface area contributed by atoms with Crippen molar-refractivity contribution in [3.05, 3.63) is 156 Å². The molecule has 394 valence electrons. The second-order valence-electron chi connectivity index (χ2n) is 15.0. The molecule has 0 aliphatic heterocycles. The molecule has 0 radical (unpaired) electrons. The summed E-state index contributed by atoms with van der Waals surface area (Å²) in [4.78, 5) is 80.0. The maximum Gasteiger partial charge on any atom is 0.416 e. The van der Waals surface area contributed by atoms with Crippen molar-refractivity contribution in [3.63, 3.8) is 0 Å². The third kappa shape index (κ3) is 18.6. The zero-order valence-electron chi connectivity index (χ0n) is 38.3. The number of carbonyl (C=O) groups excluding carboxylic acids is 2. The summed E-state index contributed by atoms with van der Waals surface area (Å²) >= 11 is 29.8. The van der Waals surface area contributed by atoms with E-state index < -0.39 is 34.8 Å². The van der Waals surface area contributed by atoms with E-state index in [-0.39, 0.29) is 81.3 Å². The van der Waals surface area contributed by atoms with Crippen molar-refractivity contribution in [2.24, 2.45) is 0 Å². The summed E-state index contributed by atoms with van der Waals surface area (Å²) < 4.78 is 52.5. The highest BCUT2D eigenvalue weighted by Gasteiger charge is 2.30. The summed E-state index contributed by atoms with van der Waals surface area (Å²) in [6.45, 7) is 3.08. The van der Waals surface area contributed by atoms with Crippen LogP contribution in [0, 0.1) is 6.92 Å². The van der Waals surface area contributed by atoms with Crippen molar-refractivity contribution in [1.29, 1.82) is 0 Å². The van der Waals surface area contributed by atoms with Crippen LogP contribution in [0.3, 0.4) is 0 Å². The number of carboxylic acid groups (broad SMARTS) is 2. The van der Waals surface area contributed by atoms with Gasteiger partial charge in [-0.1, -0.05) is 64.6 Å². The van der Waals surface area contributed by atoms with Crippen LogP contribution in [0.15, 0.2) is 109 Å². The number of aliphatic carboxylic acids is 2. The lowest BCUT2D eigenvalue weighted by atomic mass is 10.2. The third-order valence-electron chi connectivity index (χ3n) is 9.38. The van der Waals surface area contributed by atoms with Crippen LogP contribution in [0.1, 0.15) is 49.7 Å². The Morgan fingerprint density at radius 3 is 1.74 bits per heavy atom. The maximum absolute atomic E-state index is 12.4. The van der Waals surface area contributed by atoms with Crippen LogP contribution in [0.4, 0.5) is 13.2 Å². The first-order valence-corrected chi connectivity index (χ1v) is 24.5. The topological polar surface area (TPSA) is 256 Å². The Hall–Kier alpha value is -6.31. The molecule has 0 aliphatic carbocycles. The summed E-state index contributed by atoms with van der Waals surface area (Å²) in [5.41, 5.74) is -0.180. The van der Waals surface area contributed by atoms with Crippen LogP contribution < -0.4 is 36.8 Å². The van der Waals surface area contributed by atoms with Crippen LogP contribution in [0.25, 0.3) is 17.1 Å². The van der Waals surface area contributed by atoms with E-state index in [1.165, 1.54) is 10.9 Å². The van der Waals surface area contributed by atoms with Gasteiger partial charge < -0.3 is 30.3 Å². The number of nitrogens with one attached hydrogen (secondary N) is 2. The number of aromatic nitrogens is 6. The van der Waals surface area contributed by atoms with Crippen molar-refractivity contribution < 1.29 is 52.0 Å². The number of amides is 2. The number of ether oxygens (including phenoxy) is 2. The minimum Gasteiger partial charge on any atom is -0.493 e. The Labute approximate surface area is 454 Å². The van der Waals surface area contributed by atoms with Crippen LogP contribution in [0.2, 0.25) is 20.1 Å². The van der Waals surface area contributed by atoms with Crippen molar-refractivity contribution in [1.82, 2.24) is 40.0 Å². The van der Waals surface area contributed by atoms with E-state index in [9.17, 15) is 46.7 Å². The molecule has 0 atom stereocenters. The number of nitrogens with zero attached hydrogens (tertiary/aromatic N) is 6. The lowest BCUT2D eigenvalue weighted by Gasteiger charge is -2.12. The average Bonchev–Trinajstić information content (AvgIpc) is 3.36. The second kappa shape index (κ2) is 29.0. The lowest BCUT2D eigenvalue weighted by molar-refractivity contribution is -0.139. The molecule has 4 N–H and O–H groups in total. The Morgan fingerprint density at radius 1 is 0.649 bits per heavy atom. The van der Waals surface area contributed by atoms with Crippen molar-refractivity contribution in [3.8, 4) is 28.7 Å². The van der Waals surface area contributed by atoms with E-state index in [2.05, 4.69) is 57.8 Å². The number of aryl methyl sites for hydroxylation is 1. The molecule has 74 heavy (non-hydrogen) atoms. The van der Waals surface area contributed by atoms with E-state index in [4.69, 9.17) is 66.1 Å². The van der Waals surface area contributed by atoms with Gasteiger partial charge in [0.1, 0.15) is 25.3 Å². The van der Waals surface area contributed by atoms with Gasteiger partial charge in [-0.3, -0.25) is 33.6 Å². The highest BCUT2D eigenvalue weighted by Crippen LogP contribution is 2.30. The number of rotatable bonds is 19. The molecule has 6 rings (SSSR count). The summed E-state index contributed by atoms with van der Waals surface area (Å²) in [6.07, 6.45) is -1.31. The van der Waals surface area contributed by atoms with Crippen molar-refractivity contribution >= 4 is 102 Å². The lowest BCUT2D eigenvalue weighted by Crippen LogP contribution is -2.26. The van der Waals surface area contributed by atoms with E-state index in [1.807, 2.05) is 13.0 Å². The first-order chi connectivity index (χ1) is 35.0.